The number of pyridine rings is 1. The molecule has 0 fully saturated rings. The summed E-state index contributed by atoms with van der Waals surface area (Å²) in [4.78, 5) is 10.9. The van der Waals surface area contributed by atoms with Crippen molar-refractivity contribution in [2.45, 2.75) is 19.8 Å². The Morgan fingerprint density at radius 1 is 1.38 bits per heavy atom. The molecule has 2 rings (SSSR count). The molecular weight excluding hydrogens is 169 g/mol. The molecule has 0 saturated carbocycles. The lowest BCUT2D eigenvalue weighted by Crippen LogP contribution is -1.84. The van der Waals surface area contributed by atoms with E-state index in [0.29, 0.717) is 5.65 Å². The van der Waals surface area contributed by atoms with Gasteiger partial charge in [0, 0.05) is 6.42 Å². The topological polar surface area (TPSA) is 41.6 Å². The zero-order chi connectivity index (χ0) is 9.26. The van der Waals surface area contributed by atoms with Crippen LogP contribution in [-0.2, 0) is 6.42 Å². The van der Waals surface area contributed by atoms with Crippen LogP contribution in [0.25, 0.3) is 11.2 Å². The van der Waals surface area contributed by atoms with Crippen molar-refractivity contribution in [3.63, 3.8) is 0 Å². The molecule has 0 radical (unpaired) electrons. The van der Waals surface area contributed by atoms with Crippen molar-refractivity contribution in [1.82, 2.24) is 15.0 Å². The van der Waals surface area contributed by atoms with Gasteiger partial charge in [-0.2, -0.15) is 9.37 Å². The fraction of sp³-hybridized carbons (Fsp3) is 0.333. The maximum absolute atomic E-state index is 12.7. The van der Waals surface area contributed by atoms with Crippen molar-refractivity contribution in [3.05, 3.63) is 23.9 Å². The first kappa shape index (κ1) is 8.16. The quantitative estimate of drug-likeness (QED) is 0.717. The van der Waals surface area contributed by atoms with E-state index in [0.717, 1.165) is 24.2 Å². The first-order chi connectivity index (χ1) is 6.29. The number of rotatable bonds is 2. The third-order valence-corrected chi connectivity index (χ3v) is 1.85. The minimum atomic E-state index is -0.484. The van der Waals surface area contributed by atoms with Gasteiger partial charge in [0.2, 0.25) is 5.95 Å². The first-order valence-electron chi connectivity index (χ1n) is 4.30. The Hall–Kier alpha value is -1.45. The van der Waals surface area contributed by atoms with Gasteiger partial charge >= 0.3 is 0 Å². The van der Waals surface area contributed by atoms with Crippen molar-refractivity contribution >= 4 is 11.2 Å². The zero-order valence-corrected chi connectivity index (χ0v) is 7.34. The SMILES string of the molecule is CCCc1nc2nc(F)ccc2[nH]1. The number of imidazole rings is 1. The number of aryl methyl sites for hydroxylation is 1. The highest BCUT2D eigenvalue weighted by Crippen LogP contribution is 2.10. The van der Waals surface area contributed by atoms with E-state index in [2.05, 4.69) is 21.9 Å². The molecule has 13 heavy (non-hydrogen) atoms. The van der Waals surface area contributed by atoms with E-state index in [-0.39, 0.29) is 0 Å². The largest absolute Gasteiger partial charge is 0.341 e. The molecule has 4 heteroatoms. The Morgan fingerprint density at radius 3 is 3.00 bits per heavy atom. The van der Waals surface area contributed by atoms with E-state index in [1.54, 1.807) is 6.07 Å². The summed E-state index contributed by atoms with van der Waals surface area (Å²) in [6.45, 7) is 2.07. The predicted octanol–water partition coefficient (Wildman–Crippen LogP) is 2.05. The van der Waals surface area contributed by atoms with Gasteiger partial charge in [-0.05, 0) is 18.6 Å². The molecule has 0 atom stereocenters. The molecular formula is C9H10FN3. The fourth-order valence-corrected chi connectivity index (χ4v) is 1.27. The van der Waals surface area contributed by atoms with Crippen LogP contribution < -0.4 is 0 Å². The normalized spacial score (nSPS) is 10.9. The van der Waals surface area contributed by atoms with E-state index >= 15 is 0 Å². The molecule has 2 aromatic heterocycles. The Bertz CT molecular complexity index is 422. The standard InChI is InChI=1S/C9H10FN3/c1-2-3-8-11-6-4-5-7(10)12-9(6)13-8/h4-5H,2-3H2,1H3,(H,11,12,13). The Morgan fingerprint density at radius 2 is 2.23 bits per heavy atom. The molecule has 1 N–H and O–H groups in total. The van der Waals surface area contributed by atoms with Crippen LogP contribution in [0.4, 0.5) is 4.39 Å². The van der Waals surface area contributed by atoms with Crippen molar-refractivity contribution in [2.24, 2.45) is 0 Å². The molecule has 2 heterocycles. The highest BCUT2D eigenvalue weighted by Gasteiger charge is 2.03. The van der Waals surface area contributed by atoms with E-state index in [4.69, 9.17) is 0 Å². The summed E-state index contributed by atoms with van der Waals surface area (Å²) in [6, 6.07) is 2.99. The summed E-state index contributed by atoms with van der Waals surface area (Å²) in [5, 5.41) is 0. The molecule has 3 nitrogen and oxygen atoms in total. The van der Waals surface area contributed by atoms with E-state index in [1.165, 1.54) is 6.07 Å². The second-order valence-electron chi connectivity index (χ2n) is 2.94. The summed E-state index contributed by atoms with van der Waals surface area (Å²) >= 11 is 0. The van der Waals surface area contributed by atoms with Crippen molar-refractivity contribution < 1.29 is 4.39 Å². The molecule has 0 aromatic carbocycles. The maximum atomic E-state index is 12.7. The maximum Gasteiger partial charge on any atom is 0.215 e. The molecule has 0 bridgehead atoms. The van der Waals surface area contributed by atoms with Crippen molar-refractivity contribution in [2.75, 3.05) is 0 Å². The highest BCUT2D eigenvalue weighted by atomic mass is 19.1. The highest BCUT2D eigenvalue weighted by molar-refractivity contribution is 5.69. The van der Waals surface area contributed by atoms with Gasteiger partial charge in [0.15, 0.2) is 5.65 Å². The molecule has 0 unspecified atom stereocenters. The Balaban J connectivity index is 2.49. The molecule has 0 saturated heterocycles. The van der Waals surface area contributed by atoms with Gasteiger partial charge in [-0.25, -0.2) is 4.98 Å². The number of nitrogens with zero attached hydrogens (tertiary/aromatic N) is 2. The van der Waals surface area contributed by atoms with Crippen LogP contribution in [0.1, 0.15) is 19.2 Å². The average molecular weight is 179 g/mol. The van der Waals surface area contributed by atoms with E-state index in [1.807, 2.05) is 0 Å². The number of halogens is 1. The number of aromatic amines is 1. The third-order valence-electron chi connectivity index (χ3n) is 1.85. The lowest BCUT2D eigenvalue weighted by molar-refractivity contribution is 0.588. The summed E-state index contributed by atoms with van der Waals surface area (Å²) in [6.07, 6.45) is 1.89. The number of nitrogens with one attached hydrogen (secondary N) is 1. The third kappa shape index (κ3) is 1.52. The molecule has 0 amide bonds. The number of hydrogen-bond acceptors (Lipinski definition) is 2. The van der Waals surface area contributed by atoms with Crippen LogP contribution in [0.15, 0.2) is 12.1 Å². The fourth-order valence-electron chi connectivity index (χ4n) is 1.27. The van der Waals surface area contributed by atoms with Crippen molar-refractivity contribution in [1.29, 1.82) is 0 Å². The van der Waals surface area contributed by atoms with Crippen LogP contribution in [0.5, 0.6) is 0 Å². The molecule has 0 aliphatic heterocycles. The van der Waals surface area contributed by atoms with Gasteiger partial charge in [-0.1, -0.05) is 6.92 Å². The van der Waals surface area contributed by atoms with Gasteiger partial charge in [-0.3, -0.25) is 0 Å². The molecule has 0 aliphatic carbocycles. The number of aromatic nitrogens is 3. The minimum absolute atomic E-state index is 0.462. The van der Waals surface area contributed by atoms with Crippen LogP contribution in [-0.4, -0.2) is 15.0 Å². The summed E-state index contributed by atoms with van der Waals surface area (Å²) in [7, 11) is 0. The second kappa shape index (κ2) is 3.12. The van der Waals surface area contributed by atoms with Crippen molar-refractivity contribution in [3.8, 4) is 0 Å². The lowest BCUT2D eigenvalue weighted by Gasteiger charge is -1.86. The zero-order valence-electron chi connectivity index (χ0n) is 7.34. The Labute approximate surface area is 75.0 Å². The van der Waals surface area contributed by atoms with Gasteiger partial charge in [0.25, 0.3) is 0 Å². The number of H-pyrrole nitrogens is 1. The number of fused-ring (bicyclic) bond motifs is 1. The summed E-state index contributed by atoms with van der Waals surface area (Å²) < 4.78 is 12.7. The van der Waals surface area contributed by atoms with Crippen LogP contribution in [0.3, 0.4) is 0 Å². The van der Waals surface area contributed by atoms with Gasteiger partial charge in [0.1, 0.15) is 5.82 Å². The summed E-state index contributed by atoms with van der Waals surface area (Å²) in [5.74, 6) is 0.387. The van der Waals surface area contributed by atoms with Gasteiger partial charge in [-0.15, -0.1) is 0 Å². The molecule has 68 valence electrons. The van der Waals surface area contributed by atoms with Gasteiger partial charge in [0.05, 0.1) is 5.52 Å². The van der Waals surface area contributed by atoms with Crippen LogP contribution >= 0.6 is 0 Å². The molecule has 0 aliphatic rings. The Kier molecular flexibility index (Phi) is 1.96. The summed E-state index contributed by atoms with van der Waals surface area (Å²) in [5.41, 5.74) is 1.26. The monoisotopic (exact) mass is 179 g/mol. The van der Waals surface area contributed by atoms with Gasteiger partial charge < -0.3 is 4.98 Å². The van der Waals surface area contributed by atoms with E-state index < -0.39 is 5.95 Å². The second-order valence-corrected chi connectivity index (χ2v) is 2.94. The predicted molar refractivity (Wildman–Crippen MR) is 47.8 cm³/mol. The van der Waals surface area contributed by atoms with Crippen LogP contribution in [0.2, 0.25) is 0 Å². The minimum Gasteiger partial charge on any atom is -0.341 e. The lowest BCUT2D eigenvalue weighted by atomic mass is 10.3. The molecule has 0 spiro atoms. The average Bonchev–Trinajstić information content (AvgIpc) is 2.46. The number of hydrogen-bond donors (Lipinski definition) is 1. The molecule has 2 aromatic rings. The first-order valence-corrected chi connectivity index (χ1v) is 4.30. The van der Waals surface area contributed by atoms with E-state index in [9.17, 15) is 4.39 Å². The smallest absolute Gasteiger partial charge is 0.215 e. The van der Waals surface area contributed by atoms with Crippen LogP contribution in [0, 0.1) is 5.95 Å².